The summed E-state index contributed by atoms with van der Waals surface area (Å²) in [6.45, 7) is 0.148. The second kappa shape index (κ2) is 5.51. The number of pyridine rings is 1. The minimum absolute atomic E-state index is 0.124. The van der Waals surface area contributed by atoms with Crippen LogP contribution in [0.1, 0.15) is 11.4 Å². The van der Waals surface area contributed by atoms with Gasteiger partial charge in [-0.15, -0.1) is 5.10 Å². The van der Waals surface area contributed by atoms with Crippen LogP contribution in [0.2, 0.25) is 0 Å². The van der Waals surface area contributed by atoms with E-state index in [-0.39, 0.29) is 18.2 Å². The van der Waals surface area contributed by atoms with Gasteiger partial charge in [-0.2, -0.15) is 10.2 Å². The van der Waals surface area contributed by atoms with Gasteiger partial charge in [-0.25, -0.2) is 9.07 Å². The van der Waals surface area contributed by atoms with E-state index >= 15 is 0 Å². The molecule has 0 aliphatic carbocycles. The highest BCUT2D eigenvalue weighted by Crippen LogP contribution is 2.14. The molecule has 0 radical (unpaired) electrons. The molecule has 3 rings (SSSR count). The third-order valence-electron chi connectivity index (χ3n) is 2.94. The number of nitriles is 1. The molecule has 5 nitrogen and oxygen atoms in total. The summed E-state index contributed by atoms with van der Waals surface area (Å²) in [5.74, 6) is 0.138. The van der Waals surface area contributed by atoms with Crippen LogP contribution < -0.4 is 0 Å². The highest BCUT2D eigenvalue weighted by atomic mass is 19.1. The van der Waals surface area contributed by atoms with Crippen LogP contribution in [0.25, 0.3) is 11.5 Å². The molecule has 0 fully saturated rings. The first-order valence-corrected chi connectivity index (χ1v) is 6.27. The fourth-order valence-corrected chi connectivity index (χ4v) is 1.93. The highest BCUT2D eigenvalue weighted by molar-refractivity contribution is 5.48. The Hall–Kier alpha value is -3.07. The number of rotatable bonds is 3. The van der Waals surface area contributed by atoms with Crippen LogP contribution in [0.5, 0.6) is 0 Å². The lowest BCUT2D eigenvalue weighted by molar-refractivity contribution is 0.583. The Morgan fingerprint density at radius 1 is 1.14 bits per heavy atom. The van der Waals surface area contributed by atoms with Crippen LogP contribution in [0.3, 0.4) is 0 Å². The average molecular weight is 279 g/mol. The summed E-state index contributed by atoms with van der Waals surface area (Å²) in [5.41, 5.74) is 1.02. The van der Waals surface area contributed by atoms with Gasteiger partial charge in [-0.05, 0) is 18.2 Å². The number of aromatic nitrogens is 4. The van der Waals surface area contributed by atoms with Gasteiger partial charge in [-0.3, -0.25) is 4.98 Å². The minimum Gasteiger partial charge on any atom is -0.253 e. The van der Waals surface area contributed by atoms with Crippen molar-refractivity contribution in [2.45, 2.75) is 6.54 Å². The van der Waals surface area contributed by atoms with Crippen LogP contribution in [0, 0.1) is 17.1 Å². The summed E-state index contributed by atoms with van der Waals surface area (Å²) in [7, 11) is 0. The molecule has 0 spiro atoms. The number of benzene rings is 1. The maximum Gasteiger partial charge on any atom is 0.231 e. The van der Waals surface area contributed by atoms with E-state index in [2.05, 4.69) is 15.1 Å². The Morgan fingerprint density at radius 3 is 2.67 bits per heavy atom. The van der Waals surface area contributed by atoms with Crippen molar-refractivity contribution in [1.82, 2.24) is 19.7 Å². The Balaban J connectivity index is 1.98. The minimum atomic E-state index is -0.337. The van der Waals surface area contributed by atoms with E-state index in [1.807, 2.05) is 12.1 Å². The fourth-order valence-electron chi connectivity index (χ4n) is 1.93. The summed E-state index contributed by atoms with van der Waals surface area (Å²) in [6, 6.07) is 13.7. The number of nitrogens with zero attached hydrogens (tertiary/aromatic N) is 5. The molecule has 2 aromatic heterocycles. The number of halogens is 1. The zero-order valence-corrected chi connectivity index (χ0v) is 10.9. The molecule has 1 aromatic carbocycles. The van der Waals surface area contributed by atoms with E-state index in [0.717, 1.165) is 0 Å². The van der Waals surface area contributed by atoms with Crippen molar-refractivity contribution in [2.75, 3.05) is 0 Å². The van der Waals surface area contributed by atoms with E-state index in [1.165, 1.54) is 10.7 Å². The van der Waals surface area contributed by atoms with Gasteiger partial charge in [0.05, 0.1) is 6.54 Å². The molecule has 102 valence electrons. The molecule has 0 N–H and O–H groups in total. The Morgan fingerprint density at radius 2 is 1.95 bits per heavy atom. The molecule has 0 aliphatic rings. The zero-order valence-electron chi connectivity index (χ0n) is 10.9. The Bertz CT molecular complexity index is 804. The van der Waals surface area contributed by atoms with Crippen molar-refractivity contribution in [3.63, 3.8) is 0 Å². The van der Waals surface area contributed by atoms with Crippen molar-refractivity contribution in [3.05, 3.63) is 65.9 Å². The van der Waals surface area contributed by atoms with Gasteiger partial charge in [0.1, 0.15) is 17.6 Å². The van der Waals surface area contributed by atoms with Gasteiger partial charge < -0.3 is 0 Å². The first-order chi connectivity index (χ1) is 10.3. The normalized spacial score (nSPS) is 10.3. The molecule has 0 amide bonds. The smallest absolute Gasteiger partial charge is 0.231 e. The van der Waals surface area contributed by atoms with Crippen LogP contribution in [-0.2, 0) is 6.54 Å². The predicted molar refractivity (Wildman–Crippen MR) is 73.5 cm³/mol. The predicted octanol–water partition coefficient (Wildman–Crippen LogP) is 2.40. The second-order valence-electron chi connectivity index (χ2n) is 4.33. The van der Waals surface area contributed by atoms with Gasteiger partial charge in [0.15, 0.2) is 0 Å². The van der Waals surface area contributed by atoms with E-state index in [0.29, 0.717) is 17.1 Å². The second-order valence-corrected chi connectivity index (χ2v) is 4.33. The summed E-state index contributed by atoms with van der Waals surface area (Å²) in [4.78, 5) is 8.27. The van der Waals surface area contributed by atoms with E-state index in [9.17, 15) is 4.39 Å². The van der Waals surface area contributed by atoms with Crippen molar-refractivity contribution >= 4 is 0 Å². The summed E-state index contributed by atoms with van der Waals surface area (Å²) >= 11 is 0. The molecule has 0 saturated heterocycles. The van der Waals surface area contributed by atoms with Gasteiger partial charge in [0.25, 0.3) is 0 Å². The largest absolute Gasteiger partial charge is 0.253 e. The SMILES string of the molecule is N#Cc1nc(-c2ccccn2)nn1Cc1ccccc1F. The maximum absolute atomic E-state index is 13.7. The zero-order chi connectivity index (χ0) is 14.7. The van der Waals surface area contributed by atoms with Crippen molar-refractivity contribution in [3.8, 4) is 17.6 Å². The lowest BCUT2D eigenvalue weighted by atomic mass is 10.2. The van der Waals surface area contributed by atoms with Gasteiger partial charge in [0, 0.05) is 11.8 Å². The average Bonchev–Trinajstić information content (AvgIpc) is 2.93. The van der Waals surface area contributed by atoms with Crippen LogP contribution in [-0.4, -0.2) is 19.7 Å². The quantitative estimate of drug-likeness (QED) is 0.738. The van der Waals surface area contributed by atoms with Crippen LogP contribution in [0.4, 0.5) is 4.39 Å². The fraction of sp³-hybridized carbons (Fsp3) is 0.0667. The molecule has 0 bridgehead atoms. The summed E-state index contributed by atoms with van der Waals surface area (Å²) < 4.78 is 15.1. The van der Waals surface area contributed by atoms with E-state index in [1.54, 1.807) is 36.5 Å². The van der Waals surface area contributed by atoms with E-state index < -0.39 is 0 Å². The third-order valence-corrected chi connectivity index (χ3v) is 2.94. The first kappa shape index (κ1) is 12.9. The maximum atomic E-state index is 13.7. The molecule has 21 heavy (non-hydrogen) atoms. The molecule has 3 aromatic rings. The molecule has 0 atom stereocenters. The summed E-state index contributed by atoms with van der Waals surface area (Å²) in [5, 5.41) is 13.4. The molecule has 0 aliphatic heterocycles. The van der Waals surface area contributed by atoms with Crippen molar-refractivity contribution in [2.24, 2.45) is 0 Å². The molecule has 6 heteroatoms. The highest BCUT2D eigenvalue weighted by Gasteiger charge is 2.13. The van der Waals surface area contributed by atoms with Crippen LogP contribution in [0.15, 0.2) is 48.7 Å². The molecular weight excluding hydrogens is 269 g/mol. The summed E-state index contributed by atoms with van der Waals surface area (Å²) in [6.07, 6.45) is 1.62. The molecule has 0 unspecified atom stereocenters. The van der Waals surface area contributed by atoms with Crippen molar-refractivity contribution in [1.29, 1.82) is 5.26 Å². The number of hydrogen-bond acceptors (Lipinski definition) is 4. The Kier molecular flexibility index (Phi) is 3.39. The van der Waals surface area contributed by atoms with E-state index in [4.69, 9.17) is 5.26 Å². The first-order valence-electron chi connectivity index (χ1n) is 6.27. The van der Waals surface area contributed by atoms with Crippen molar-refractivity contribution < 1.29 is 4.39 Å². The monoisotopic (exact) mass is 279 g/mol. The number of hydrogen-bond donors (Lipinski definition) is 0. The lowest BCUT2D eigenvalue weighted by Gasteiger charge is -2.03. The van der Waals surface area contributed by atoms with Gasteiger partial charge in [0.2, 0.25) is 11.6 Å². The van der Waals surface area contributed by atoms with Gasteiger partial charge in [-0.1, -0.05) is 24.3 Å². The molecule has 2 heterocycles. The lowest BCUT2D eigenvalue weighted by Crippen LogP contribution is -2.06. The van der Waals surface area contributed by atoms with Crippen LogP contribution >= 0.6 is 0 Å². The van der Waals surface area contributed by atoms with Gasteiger partial charge >= 0.3 is 0 Å². The molecule has 0 saturated carbocycles. The topological polar surface area (TPSA) is 67.4 Å². The molecular formula is C15H10FN5. The third kappa shape index (κ3) is 2.62. The standard InChI is InChI=1S/C15H10FN5/c16-12-6-2-1-5-11(12)10-21-14(9-17)19-15(20-21)13-7-3-4-8-18-13/h1-8H,10H2. The Labute approximate surface area is 120 Å².